The number of hydrogen-bond donors (Lipinski definition) is 1. The molecule has 0 saturated carbocycles. The number of hydrogen-bond acceptors (Lipinski definition) is 3. The first-order chi connectivity index (χ1) is 10.4. The highest BCUT2D eigenvalue weighted by Gasteiger charge is 2.21. The van der Waals surface area contributed by atoms with E-state index in [0.717, 1.165) is 0 Å². The van der Waals surface area contributed by atoms with Crippen molar-refractivity contribution in [3.8, 4) is 0 Å². The summed E-state index contributed by atoms with van der Waals surface area (Å²) in [5, 5.41) is 3.36. The standard InChI is InChI=1S/C15H14Cl2N2O3/c1-9(22-15(21)13-4-3-7-19(13)2)14(20)18-12-6-5-10(16)8-11(12)17/h3-9H,1-2H3,(H,18,20). The number of esters is 1. The summed E-state index contributed by atoms with van der Waals surface area (Å²) in [5.74, 6) is -1.05. The first-order valence-electron chi connectivity index (χ1n) is 6.46. The number of carbonyl (C=O) groups excluding carboxylic acids is 2. The highest BCUT2D eigenvalue weighted by molar-refractivity contribution is 6.36. The topological polar surface area (TPSA) is 60.3 Å². The number of anilines is 1. The van der Waals surface area contributed by atoms with Crippen molar-refractivity contribution in [3.63, 3.8) is 0 Å². The molecule has 2 aromatic rings. The van der Waals surface area contributed by atoms with E-state index in [9.17, 15) is 9.59 Å². The molecular formula is C15H14Cl2N2O3. The number of benzene rings is 1. The Bertz CT molecular complexity index is 713. The van der Waals surface area contributed by atoms with Crippen molar-refractivity contribution in [2.75, 3.05) is 5.32 Å². The average Bonchev–Trinajstić information content (AvgIpc) is 2.88. The maximum Gasteiger partial charge on any atom is 0.355 e. The van der Waals surface area contributed by atoms with Crippen molar-refractivity contribution < 1.29 is 14.3 Å². The zero-order valence-electron chi connectivity index (χ0n) is 12.0. The molecule has 1 amide bonds. The Morgan fingerprint density at radius 2 is 2.00 bits per heavy atom. The van der Waals surface area contributed by atoms with Crippen LogP contribution in [-0.2, 0) is 16.6 Å². The van der Waals surface area contributed by atoms with Crippen LogP contribution in [0.1, 0.15) is 17.4 Å². The van der Waals surface area contributed by atoms with Crippen molar-refractivity contribution in [2.24, 2.45) is 7.05 Å². The third kappa shape index (κ3) is 3.81. The van der Waals surface area contributed by atoms with E-state index in [1.807, 2.05) is 0 Å². The summed E-state index contributed by atoms with van der Waals surface area (Å²) >= 11 is 11.8. The molecule has 1 aromatic heterocycles. The lowest BCUT2D eigenvalue weighted by molar-refractivity contribution is -0.123. The third-order valence-electron chi connectivity index (χ3n) is 2.99. The fourth-order valence-corrected chi connectivity index (χ4v) is 2.23. The van der Waals surface area contributed by atoms with E-state index in [1.165, 1.54) is 13.0 Å². The van der Waals surface area contributed by atoms with Gasteiger partial charge in [0.2, 0.25) is 0 Å². The van der Waals surface area contributed by atoms with Gasteiger partial charge in [0, 0.05) is 18.3 Å². The lowest BCUT2D eigenvalue weighted by Crippen LogP contribution is -2.30. The number of rotatable bonds is 4. The summed E-state index contributed by atoms with van der Waals surface area (Å²) in [6, 6.07) is 8.02. The Balaban J connectivity index is 2.00. The smallest absolute Gasteiger partial charge is 0.355 e. The van der Waals surface area contributed by atoms with Crippen LogP contribution in [0.2, 0.25) is 10.0 Å². The van der Waals surface area contributed by atoms with Crippen LogP contribution >= 0.6 is 23.2 Å². The van der Waals surface area contributed by atoms with Crippen LogP contribution < -0.4 is 5.32 Å². The third-order valence-corrected chi connectivity index (χ3v) is 3.54. The molecule has 0 saturated heterocycles. The first kappa shape index (κ1) is 16.4. The molecular weight excluding hydrogens is 327 g/mol. The molecule has 0 fully saturated rings. The van der Waals surface area contributed by atoms with Gasteiger partial charge in [0.1, 0.15) is 5.69 Å². The Kier molecular flexibility index (Phi) is 5.11. The van der Waals surface area contributed by atoms with Crippen molar-refractivity contribution >= 4 is 40.8 Å². The minimum atomic E-state index is -0.964. The summed E-state index contributed by atoms with van der Waals surface area (Å²) in [6.45, 7) is 1.49. The predicted molar refractivity (Wildman–Crippen MR) is 85.4 cm³/mol. The molecule has 7 heteroatoms. The van der Waals surface area contributed by atoms with Crippen LogP contribution in [0.5, 0.6) is 0 Å². The highest BCUT2D eigenvalue weighted by atomic mass is 35.5. The van der Waals surface area contributed by atoms with Gasteiger partial charge < -0.3 is 14.6 Å². The van der Waals surface area contributed by atoms with E-state index in [1.54, 1.807) is 42.1 Å². The number of nitrogens with zero attached hydrogens (tertiary/aromatic N) is 1. The zero-order valence-corrected chi connectivity index (χ0v) is 13.5. The quantitative estimate of drug-likeness (QED) is 0.866. The van der Waals surface area contributed by atoms with Gasteiger partial charge in [-0.3, -0.25) is 4.79 Å². The fourth-order valence-electron chi connectivity index (χ4n) is 1.77. The maximum absolute atomic E-state index is 12.1. The number of aromatic nitrogens is 1. The molecule has 0 radical (unpaired) electrons. The molecule has 116 valence electrons. The molecule has 5 nitrogen and oxygen atoms in total. The lowest BCUT2D eigenvalue weighted by atomic mass is 10.3. The van der Waals surface area contributed by atoms with Crippen LogP contribution in [0.15, 0.2) is 36.5 Å². The summed E-state index contributed by atoms with van der Waals surface area (Å²) in [6.07, 6.45) is 0.753. The van der Waals surface area contributed by atoms with Gasteiger partial charge in [0.05, 0.1) is 10.7 Å². The minimum Gasteiger partial charge on any atom is -0.448 e. The Hall–Kier alpha value is -1.98. The fraction of sp³-hybridized carbons (Fsp3) is 0.200. The van der Waals surface area contributed by atoms with Gasteiger partial charge in [-0.1, -0.05) is 23.2 Å². The lowest BCUT2D eigenvalue weighted by Gasteiger charge is -2.14. The second-order valence-electron chi connectivity index (χ2n) is 4.67. The molecule has 0 aliphatic heterocycles. The molecule has 1 unspecified atom stereocenters. The first-order valence-corrected chi connectivity index (χ1v) is 7.22. The molecule has 0 aliphatic carbocycles. The van der Waals surface area contributed by atoms with Gasteiger partial charge in [0.15, 0.2) is 6.10 Å². The van der Waals surface area contributed by atoms with Crippen molar-refractivity contribution in [3.05, 3.63) is 52.3 Å². The monoisotopic (exact) mass is 340 g/mol. The zero-order chi connectivity index (χ0) is 16.3. The highest BCUT2D eigenvalue weighted by Crippen LogP contribution is 2.25. The Morgan fingerprint density at radius 1 is 1.27 bits per heavy atom. The molecule has 1 heterocycles. The number of halogens is 2. The van der Waals surface area contributed by atoms with Crippen molar-refractivity contribution in [1.29, 1.82) is 0 Å². The maximum atomic E-state index is 12.1. The molecule has 0 spiro atoms. The summed E-state index contributed by atoms with van der Waals surface area (Å²) in [4.78, 5) is 24.0. The van der Waals surface area contributed by atoms with Gasteiger partial charge >= 0.3 is 5.97 Å². The molecule has 2 rings (SSSR count). The van der Waals surface area contributed by atoms with Gasteiger partial charge in [-0.15, -0.1) is 0 Å². The van der Waals surface area contributed by atoms with Crippen LogP contribution in [0.4, 0.5) is 5.69 Å². The summed E-state index contributed by atoms with van der Waals surface area (Å²) in [7, 11) is 1.72. The van der Waals surface area contributed by atoms with Gasteiger partial charge in [-0.2, -0.15) is 0 Å². The minimum absolute atomic E-state index is 0.307. The van der Waals surface area contributed by atoms with Gasteiger partial charge in [0.25, 0.3) is 5.91 Å². The van der Waals surface area contributed by atoms with E-state index in [0.29, 0.717) is 21.4 Å². The number of nitrogens with one attached hydrogen (secondary N) is 1. The van der Waals surface area contributed by atoms with E-state index in [4.69, 9.17) is 27.9 Å². The van der Waals surface area contributed by atoms with Crippen LogP contribution in [-0.4, -0.2) is 22.5 Å². The molecule has 22 heavy (non-hydrogen) atoms. The van der Waals surface area contributed by atoms with Crippen LogP contribution in [0.25, 0.3) is 0 Å². The normalized spacial score (nSPS) is 11.8. The summed E-state index contributed by atoms with van der Waals surface area (Å²) in [5.41, 5.74) is 0.766. The molecule has 1 atom stereocenters. The van der Waals surface area contributed by atoms with Crippen molar-refractivity contribution in [1.82, 2.24) is 4.57 Å². The second-order valence-corrected chi connectivity index (χ2v) is 5.51. The van der Waals surface area contributed by atoms with Gasteiger partial charge in [-0.05, 0) is 37.3 Å². The second kappa shape index (κ2) is 6.85. The molecule has 1 aromatic carbocycles. The number of amides is 1. The van der Waals surface area contributed by atoms with Crippen LogP contribution in [0, 0.1) is 0 Å². The predicted octanol–water partition coefficient (Wildman–Crippen LogP) is 3.52. The molecule has 0 bridgehead atoms. The Morgan fingerprint density at radius 3 is 2.59 bits per heavy atom. The Labute approximate surface area is 137 Å². The van der Waals surface area contributed by atoms with Crippen molar-refractivity contribution in [2.45, 2.75) is 13.0 Å². The van der Waals surface area contributed by atoms with E-state index in [2.05, 4.69) is 5.32 Å². The number of aryl methyl sites for hydroxylation is 1. The molecule has 0 aliphatic rings. The van der Waals surface area contributed by atoms with E-state index < -0.39 is 18.0 Å². The SMILES string of the molecule is CC(OC(=O)c1cccn1C)C(=O)Nc1ccc(Cl)cc1Cl. The average molecular weight is 341 g/mol. The number of carbonyl (C=O) groups is 2. The van der Waals surface area contributed by atoms with E-state index >= 15 is 0 Å². The largest absolute Gasteiger partial charge is 0.448 e. The number of ether oxygens (including phenoxy) is 1. The summed E-state index contributed by atoms with van der Waals surface area (Å²) < 4.78 is 6.75. The van der Waals surface area contributed by atoms with Gasteiger partial charge in [-0.25, -0.2) is 4.79 Å². The molecule has 1 N–H and O–H groups in total. The van der Waals surface area contributed by atoms with E-state index in [-0.39, 0.29) is 0 Å². The van der Waals surface area contributed by atoms with Crippen LogP contribution in [0.3, 0.4) is 0 Å².